The summed E-state index contributed by atoms with van der Waals surface area (Å²) in [5, 5.41) is 23.2. The molecule has 3 N–H and O–H groups in total. The van der Waals surface area contributed by atoms with Gasteiger partial charge in [0, 0.05) is 12.8 Å². The second-order valence-electron chi connectivity index (χ2n) is 23.9. The van der Waals surface area contributed by atoms with Crippen LogP contribution in [0.2, 0.25) is 0 Å². The van der Waals surface area contributed by atoms with Crippen LogP contribution in [0.15, 0.2) is 48.6 Å². The van der Waals surface area contributed by atoms with Crippen molar-refractivity contribution in [1.82, 2.24) is 5.32 Å². The fourth-order valence-electron chi connectivity index (χ4n) is 10.7. The Balaban J connectivity index is 3.45. The lowest BCUT2D eigenvalue weighted by molar-refractivity contribution is -0.143. The van der Waals surface area contributed by atoms with Gasteiger partial charge in [-0.1, -0.05) is 319 Å². The van der Waals surface area contributed by atoms with Gasteiger partial charge in [-0.25, -0.2) is 0 Å². The quantitative estimate of drug-likeness (QED) is 0.0320. The first kappa shape index (κ1) is 75.8. The van der Waals surface area contributed by atoms with E-state index in [2.05, 4.69) is 55.6 Å². The molecule has 0 radical (unpaired) electrons. The maximum atomic E-state index is 12.5. The third-order valence-corrected chi connectivity index (χ3v) is 16.1. The zero-order valence-corrected chi connectivity index (χ0v) is 52.4. The number of carbonyl (C=O) groups is 2. The zero-order chi connectivity index (χ0) is 56.4. The van der Waals surface area contributed by atoms with Crippen molar-refractivity contribution < 1.29 is 24.5 Å². The Bertz CT molecular complexity index is 1310. The van der Waals surface area contributed by atoms with Crippen LogP contribution in [0.1, 0.15) is 373 Å². The Morgan fingerprint density at radius 2 is 0.641 bits per heavy atom. The monoisotopic (exact) mass is 1090 g/mol. The summed E-state index contributed by atoms with van der Waals surface area (Å²) >= 11 is 0. The highest BCUT2D eigenvalue weighted by Crippen LogP contribution is 2.18. The molecule has 0 aromatic heterocycles. The maximum absolute atomic E-state index is 12.5. The summed E-state index contributed by atoms with van der Waals surface area (Å²) in [6, 6.07) is -0.632. The Kier molecular flexibility index (Phi) is 65.4. The predicted octanol–water partition coefficient (Wildman–Crippen LogP) is 22.5. The van der Waals surface area contributed by atoms with E-state index in [0.717, 1.165) is 51.4 Å². The van der Waals surface area contributed by atoms with Gasteiger partial charge in [0.05, 0.1) is 25.4 Å². The molecule has 0 aliphatic heterocycles. The molecule has 0 spiro atoms. The summed E-state index contributed by atoms with van der Waals surface area (Å²) in [7, 11) is 0. The van der Waals surface area contributed by atoms with E-state index in [0.29, 0.717) is 19.4 Å². The highest BCUT2D eigenvalue weighted by Gasteiger charge is 2.18. The Morgan fingerprint density at radius 3 is 1.00 bits per heavy atom. The highest BCUT2D eigenvalue weighted by molar-refractivity contribution is 5.76. The topological polar surface area (TPSA) is 95.9 Å². The van der Waals surface area contributed by atoms with Crippen LogP contribution < -0.4 is 5.32 Å². The van der Waals surface area contributed by atoms with Gasteiger partial charge in [0.2, 0.25) is 5.91 Å². The first-order valence-corrected chi connectivity index (χ1v) is 34.9. The van der Waals surface area contributed by atoms with Gasteiger partial charge in [0.15, 0.2) is 0 Å². The fraction of sp³-hybridized carbons (Fsp3) is 0.861. The molecule has 0 aromatic rings. The Morgan fingerprint density at radius 1 is 0.359 bits per heavy atom. The third kappa shape index (κ3) is 63.0. The number of aliphatic hydroxyl groups excluding tert-OH is 2. The molecule has 458 valence electrons. The van der Waals surface area contributed by atoms with E-state index in [9.17, 15) is 19.8 Å². The van der Waals surface area contributed by atoms with Gasteiger partial charge in [-0.2, -0.15) is 0 Å². The van der Waals surface area contributed by atoms with Crippen LogP contribution in [0.3, 0.4) is 0 Å². The summed E-state index contributed by atoms with van der Waals surface area (Å²) in [6.07, 6.45) is 87.5. The summed E-state index contributed by atoms with van der Waals surface area (Å²) in [4.78, 5) is 24.6. The van der Waals surface area contributed by atoms with Gasteiger partial charge in [0.1, 0.15) is 0 Å². The number of esters is 1. The molecular weight excluding hydrogens is 959 g/mol. The van der Waals surface area contributed by atoms with Crippen molar-refractivity contribution in [2.75, 3.05) is 13.2 Å². The average molecular weight is 1090 g/mol. The van der Waals surface area contributed by atoms with Crippen molar-refractivity contribution in [3.63, 3.8) is 0 Å². The number of allylic oxidation sites excluding steroid dienone is 7. The molecule has 0 rings (SSSR count). The number of nitrogens with one attached hydrogen (secondary N) is 1. The highest BCUT2D eigenvalue weighted by atomic mass is 16.5. The van der Waals surface area contributed by atoms with Gasteiger partial charge < -0.3 is 20.3 Å². The molecular formula is C72H135NO5. The van der Waals surface area contributed by atoms with E-state index >= 15 is 0 Å². The molecule has 0 fully saturated rings. The van der Waals surface area contributed by atoms with E-state index in [1.807, 2.05) is 6.08 Å². The largest absolute Gasteiger partial charge is 0.466 e. The molecule has 0 saturated carbocycles. The molecule has 6 heteroatoms. The Hall–Kier alpha value is -2.18. The fourth-order valence-corrected chi connectivity index (χ4v) is 10.7. The van der Waals surface area contributed by atoms with Crippen LogP contribution in [0.5, 0.6) is 0 Å². The molecule has 0 aliphatic rings. The SMILES string of the molecule is CCCCCC/C=C\CCCCCCCC(=O)OCCCCCCCCCCC/C=C\C/C=C\CCCCCCCCCCCCCC(=O)NC(CO)C(O)/C=C/CCCCCCCCCCCCCCCCCCCCC. The van der Waals surface area contributed by atoms with Crippen LogP contribution >= 0.6 is 0 Å². The number of rotatable bonds is 65. The molecule has 6 nitrogen and oxygen atoms in total. The minimum Gasteiger partial charge on any atom is -0.466 e. The van der Waals surface area contributed by atoms with Gasteiger partial charge in [-0.15, -0.1) is 0 Å². The van der Waals surface area contributed by atoms with Crippen molar-refractivity contribution in [2.45, 2.75) is 386 Å². The average Bonchev–Trinajstić information content (AvgIpc) is 3.44. The van der Waals surface area contributed by atoms with E-state index in [1.165, 1.54) is 295 Å². The molecule has 0 heterocycles. The Labute approximate surface area is 486 Å². The molecule has 0 aliphatic carbocycles. The molecule has 2 unspecified atom stereocenters. The number of hydrogen-bond donors (Lipinski definition) is 3. The first-order chi connectivity index (χ1) is 38.5. The molecule has 2 atom stereocenters. The van der Waals surface area contributed by atoms with Gasteiger partial charge in [-0.3, -0.25) is 9.59 Å². The van der Waals surface area contributed by atoms with E-state index in [1.54, 1.807) is 6.08 Å². The lowest BCUT2D eigenvalue weighted by Gasteiger charge is -2.20. The summed E-state index contributed by atoms with van der Waals surface area (Å²) < 4.78 is 5.47. The van der Waals surface area contributed by atoms with Gasteiger partial charge in [-0.05, 0) is 89.9 Å². The number of carbonyl (C=O) groups excluding carboxylic acids is 2. The molecule has 78 heavy (non-hydrogen) atoms. The van der Waals surface area contributed by atoms with E-state index < -0.39 is 12.1 Å². The minimum atomic E-state index is -0.848. The van der Waals surface area contributed by atoms with Gasteiger partial charge >= 0.3 is 5.97 Å². The van der Waals surface area contributed by atoms with Crippen molar-refractivity contribution in [3.05, 3.63) is 48.6 Å². The second-order valence-corrected chi connectivity index (χ2v) is 23.9. The molecule has 0 bridgehead atoms. The molecule has 0 aromatic carbocycles. The van der Waals surface area contributed by atoms with Crippen LogP contribution in [0.25, 0.3) is 0 Å². The maximum Gasteiger partial charge on any atom is 0.305 e. The lowest BCUT2D eigenvalue weighted by atomic mass is 10.0. The number of unbranched alkanes of at least 4 members (excludes halogenated alkanes) is 48. The van der Waals surface area contributed by atoms with Crippen molar-refractivity contribution in [2.24, 2.45) is 0 Å². The van der Waals surface area contributed by atoms with Crippen molar-refractivity contribution >= 4 is 11.9 Å². The van der Waals surface area contributed by atoms with Gasteiger partial charge in [0.25, 0.3) is 0 Å². The third-order valence-electron chi connectivity index (χ3n) is 16.1. The second kappa shape index (κ2) is 67.3. The zero-order valence-electron chi connectivity index (χ0n) is 52.4. The smallest absolute Gasteiger partial charge is 0.305 e. The van der Waals surface area contributed by atoms with Crippen LogP contribution in [0, 0.1) is 0 Å². The summed E-state index contributed by atoms with van der Waals surface area (Å²) in [5.74, 6) is -0.0672. The minimum absolute atomic E-state index is 0.00104. The number of amides is 1. The van der Waals surface area contributed by atoms with Crippen LogP contribution in [-0.2, 0) is 14.3 Å². The standard InChI is InChI=1S/C72H135NO5/c1-3-5-7-9-11-13-15-17-18-19-20-28-31-34-37-41-44-48-52-56-60-64-70(75)69(68-74)73-71(76)65-61-57-53-49-45-42-38-35-32-29-26-24-22-21-23-25-27-30-33-36-39-43-47-51-55-59-63-67-78-72(77)66-62-58-54-50-46-40-16-14-12-10-8-6-4-2/h14,16,21-22,25,27,60,64,69-70,74-75H,3-13,15,17-20,23-24,26,28-59,61-63,65-68H2,1-2H3,(H,73,76)/b16-14-,22-21-,27-25-,64-60+. The van der Waals surface area contributed by atoms with Crippen LogP contribution in [-0.4, -0.2) is 47.4 Å². The number of ether oxygens (including phenoxy) is 1. The van der Waals surface area contributed by atoms with E-state index in [4.69, 9.17) is 4.74 Å². The first-order valence-electron chi connectivity index (χ1n) is 34.9. The van der Waals surface area contributed by atoms with Crippen LogP contribution in [0.4, 0.5) is 0 Å². The molecule has 1 amide bonds. The summed E-state index contributed by atoms with van der Waals surface area (Å²) in [6.45, 7) is 4.91. The van der Waals surface area contributed by atoms with E-state index in [-0.39, 0.29) is 18.5 Å². The predicted molar refractivity (Wildman–Crippen MR) is 342 cm³/mol. The lowest BCUT2D eigenvalue weighted by Crippen LogP contribution is -2.45. The number of hydrogen-bond acceptors (Lipinski definition) is 5. The normalized spacial score (nSPS) is 12.8. The van der Waals surface area contributed by atoms with Crippen molar-refractivity contribution in [1.29, 1.82) is 0 Å². The number of aliphatic hydroxyl groups is 2. The molecule has 0 saturated heterocycles. The van der Waals surface area contributed by atoms with Crippen molar-refractivity contribution in [3.8, 4) is 0 Å². The summed E-state index contributed by atoms with van der Waals surface area (Å²) in [5.41, 5.74) is 0.